The molecule has 4 rings (SSSR count). The molecule has 2 aromatic carbocycles. The number of hydrogen-bond donors (Lipinski definition) is 0. The summed E-state index contributed by atoms with van der Waals surface area (Å²) in [5, 5.41) is 0. The third kappa shape index (κ3) is 2.82. The van der Waals surface area contributed by atoms with Crippen LogP contribution in [-0.2, 0) is 24.3 Å². The lowest BCUT2D eigenvalue weighted by Gasteiger charge is -2.28. The van der Waals surface area contributed by atoms with Gasteiger partial charge in [-0.3, -0.25) is 0 Å². The van der Waals surface area contributed by atoms with E-state index in [2.05, 4.69) is 0 Å². The van der Waals surface area contributed by atoms with Gasteiger partial charge in [0.25, 0.3) is 0 Å². The largest absolute Gasteiger partial charge is 0.454 e. The van der Waals surface area contributed by atoms with Crippen LogP contribution in [0.15, 0.2) is 42.5 Å². The average Bonchev–Trinajstić information content (AvgIpc) is 3.05. The van der Waals surface area contributed by atoms with Gasteiger partial charge in [0.05, 0.1) is 0 Å². The van der Waals surface area contributed by atoms with Crippen molar-refractivity contribution >= 4 is 6.09 Å². The van der Waals surface area contributed by atoms with Crippen molar-refractivity contribution in [3.63, 3.8) is 0 Å². The maximum Gasteiger partial charge on any atom is 0.410 e. The molecule has 0 spiro atoms. The van der Waals surface area contributed by atoms with E-state index in [-0.39, 0.29) is 12.9 Å². The van der Waals surface area contributed by atoms with Gasteiger partial charge in [0.15, 0.2) is 11.5 Å². The molecular weight excluding hydrogens is 294 g/mol. The molecule has 2 aromatic rings. The summed E-state index contributed by atoms with van der Waals surface area (Å²) in [5.41, 5.74) is 3.29. The van der Waals surface area contributed by atoms with E-state index in [1.165, 1.54) is 5.56 Å². The van der Waals surface area contributed by atoms with Crippen LogP contribution in [0.25, 0.3) is 0 Å². The number of fused-ring (bicyclic) bond motifs is 2. The van der Waals surface area contributed by atoms with Gasteiger partial charge >= 0.3 is 6.09 Å². The molecule has 0 fully saturated rings. The Morgan fingerprint density at radius 3 is 2.61 bits per heavy atom. The molecule has 2 heterocycles. The highest BCUT2D eigenvalue weighted by molar-refractivity contribution is 5.68. The minimum Gasteiger partial charge on any atom is -0.454 e. The van der Waals surface area contributed by atoms with Gasteiger partial charge in [-0.25, -0.2) is 4.79 Å². The van der Waals surface area contributed by atoms with Crippen molar-refractivity contribution in [3.05, 3.63) is 59.2 Å². The fourth-order valence-electron chi connectivity index (χ4n) is 2.91. The Morgan fingerprint density at radius 1 is 1.09 bits per heavy atom. The number of nitrogens with zero attached hydrogens (tertiary/aromatic N) is 1. The molecule has 0 aliphatic carbocycles. The van der Waals surface area contributed by atoms with Gasteiger partial charge in [-0.1, -0.05) is 30.3 Å². The lowest BCUT2D eigenvalue weighted by molar-refractivity contribution is 0.0918. The van der Waals surface area contributed by atoms with Crippen molar-refractivity contribution in [1.82, 2.24) is 4.90 Å². The van der Waals surface area contributed by atoms with Crippen molar-refractivity contribution in [2.24, 2.45) is 0 Å². The first-order valence-electron chi connectivity index (χ1n) is 7.66. The molecule has 1 amide bonds. The van der Waals surface area contributed by atoms with E-state index in [9.17, 15) is 4.79 Å². The van der Waals surface area contributed by atoms with Crippen LogP contribution in [0.4, 0.5) is 4.79 Å². The number of amides is 1. The molecule has 0 aromatic heterocycles. The monoisotopic (exact) mass is 311 g/mol. The van der Waals surface area contributed by atoms with Gasteiger partial charge in [0.1, 0.15) is 6.61 Å². The third-order valence-corrected chi connectivity index (χ3v) is 4.17. The zero-order valence-corrected chi connectivity index (χ0v) is 12.7. The van der Waals surface area contributed by atoms with E-state index in [1.807, 2.05) is 42.5 Å². The molecule has 23 heavy (non-hydrogen) atoms. The lowest BCUT2D eigenvalue weighted by Crippen LogP contribution is -2.36. The predicted molar refractivity (Wildman–Crippen MR) is 83.3 cm³/mol. The molecule has 2 aliphatic heterocycles. The number of carbonyl (C=O) groups is 1. The minimum atomic E-state index is -0.280. The Balaban J connectivity index is 1.42. The Bertz CT molecular complexity index is 729. The molecule has 0 unspecified atom stereocenters. The second-order valence-corrected chi connectivity index (χ2v) is 5.69. The summed E-state index contributed by atoms with van der Waals surface area (Å²) in [6, 6.07) is 13.7. The topological polar surface area (TPSA) is 48.0 Å². The quantitative estimate of drug-likeness (QED) is 0.855. The first-order valence-corrected chi connectivity index (χ1v) is 7.66. The molecule has 0 bridgehead atoms. The second-order valence-electron chi connectivity index (χ2n) is 5.69. The van der Waals surface area contributed by atoms with Gasteiger partial charge in [-0.15, -0.1) is 0 Å². The summed E-state index contributed by atoms with van der Waals surface area (Å²) in [6.45, 7) is 1.76. The van der Waals surface area contributed by atoms with Gasteiger partial charge in [-0.05, 0) is 35.2 Å². The van der Waals surface area contributed by atoms with Crippen LogP contribution in [0.5, 0.6) is 11.5 Å². The molecule has 0 saturated heterocycles. The number of ether oxygens (including phenoxy) is 3. The van der Waals surface area contributed by atoms with Crippen LogP contribution in [0, 0.1) is 0 Å². The van der Waals surface area contributed by atoms with Gasteiger partial charge in [-0.2, -0.15) is 0 Å². The standard InChI is InChI=1S/C18H17NO4/c20-18(21-11-13-4-2-1-3-5-13)19-7-6-14-8-16-17(23-12-22-16)9-15(14)10-19/h1-5,8-9H,6-7,10-12H2. The molecule has 5 nitrogen and oxygen atoms in total. The number of benzene rings is 2. The Morgan fingerprint density at radius 2 is 1.83 bits per heavy atom. The Hall–Kier alpha value is -2.69. The molecular formula is C18H17NO4. The maximum absolute atomic E-state index is 12.3. The predicted octanol–water partition coefficient (Wildman–Crippen LogP) is 3.11. The SMILES string of the molecule is O=C(OCc1ccccc1)N1CCc2cc3c(cc2C1)OCO3. The molecule has 2 aliphatic rings. The summed E-state index contributed by atoms with van der Waals surface area (Å²) in [4.78, 5) is 14.0. The Kier molecular flexibility index (Phi) is 3.54. The smallest absolute Gasteiger partial charge is 0.410 e. The van der Waals surface area contributed by atoms with Gasteiger partial charge in [0, 0.05) is 13.1 Å². The van der Waals surface area contributed by atoms with E-state index in [1.54, 1.807) is 4.90 Å². The van der Waals surface area contributed by atoms with E-state index < -0.39 is 0 Å². The van der Waals surface area contributed by atoms with Crippen molar-refractivity contribution < 1.29 is 19.0 Å². The average molecular weight is 311 g/mol. The van der Waals surface area contributed by atoms with E-state index in [0.717, 1.165) is 29.0 Å². The van der Waals surface area contributed by atoms with Gasteiger partial charge < -0.3 is 19.1 Å². The van der Waals surface area contributed by atoms with Crippen molar-refractivity contribution in [2.75, 3.05) is 13.3 Å². The Labute approximate surface area is 134 Å². The van der Waals surface area contributed by atoms with Crippen LogP contribution < -0.4 is 9.47 Å². The van der Waals surface area contributed by atoms with Crippen LogP contribution in [-0.4, -0.2) is 24.3 Å². The van der Waals surface area contributed by atoms with Crippen LogP contribution in [0.2, 0.25) is 0 Å². The summed E-state index contributed by atoms with van der Waals surface area (Å²) in [6.07, 6.45) is 0.518. The summed E-state index contributed by atoms with van der Waals surface area (Å²) < 4.78 is 16.2. The number of rotatable bonds is 2. The highest BCUT2D eigenvalue weighted by Gasteiger charge is 2.25. The third-order valence-electron chi connectivity index (χ3n) is 4.17. The zero-order chi connectivity index (χ0) is 15.6. The fourth-order valence-corrected chi connectivity index (χ4v) is 2.91. The molecule has 5 heteroatoms. The fraction of sp³-hybridized carbons (Fsp3) is 0.278. The molecule has 0 saturated carbocycles. The van der Waals surface area contributed by atoms with E-state index in [4.69, 9.17) is 14.2 Å². The highest BCUT2D eigenvalue weighted by atomic mass is 16.7. The molecule has 0 radical (unpaired) electrons. The van der Waals surface area contributed by atoms with Crippen LogP contribution in [0.3, 0.4) is 0 Å². The zero-order valence-electron chi connectivity index (χ0n) is 12.7. The minimum absolute atomic E-state index is 0.265. The maximum atomic E-state index is 12.3. The lowest BCUT2D eigenvalue weighted by atomic mass is 9.99. The van der Waals surface area contributed by atoms with Crippen molar-refractivity contribution in [3.8, 4) is 11.5 Å². The molecule has 0 N–H and O–H groups in total. The number of hydrogen-bond acceptors (Lipinski definition) is 4. The summed E-state index contributed by atoms with van der Waals surface area (Å²) in [5.74, 6) is 1.55. The van der Waals surface area contributed by atoms with E-state index >= 15 is 0 Å². The molecule has 0 atom stereocenters. The van der Waals surface area contributed by atoms with Crippen molar-refractivity contribution in [1.29, 1.82) is 0 Å². The van der Waals surface area contributed by atoms with Gasteiger partial charge in [0.2, 0.25) is 6.79 Å². The number of carbonyl (C=O) groups excluding carboxylic acids is 1. The van der Waals surface area contributed by atoms with Crippen molar-refractivity contribution in [2.45, 2.75) is 19.6 Å². The van der Waals surface area contributed by atoms with E-state index in [0.29, 0.717) is 19.7 Å². The summed E-state index contributed by atoms with van der Waals surface area (Å²) >= 11 is 0. The first-order chi connectivity index (χ1) is 11.3. The normalized spacial score (nSPS) is 15.2. The summed E-state index contributed by atoms with van der Waals surface area (Å²) in [7, 11) is 0. The van der Waals surface area contributed by atoms with Crippen LogP contribution in [0.1, 0.15) is 16.7 Å². The highest BCUT2D eigenvalue weighted by Crippen LogP contribution is 2.36. The first kappa shape index (κ1) is 13.9. The second kappa shape index (κ2) is 5.83. The van der Waals surface area contributed by atoms with Crippen LogP contribution >= 0.6 is 0 Å². The molecule has 118 valence electrons.